The predicted molar refractivity (Wildman–Crippen MR) is 99.1 cm³/mol. The highest BCUT2D eigenvalue weighted by Gasteiger charge is 2.10. The van der Waals surface area contributed by atoms with Gasteiger partial charge in [0.05, 0.1) is 12.3 Å². The van der Waals surface area contributed by atoms with Crippen LogP contribution in [0.2, 0.25) is 0 Å². The van der Waals surface area contributed by atoms with Gasteiger partial charge in [0, 0.05) is 36.6 Å². The molecule has 140 valence electrons. The molecule has 0 unspecified atom stereocenters. The minimum atomic E-state index is -0.896. The van der Waals surface area contributed by atoms with Crippen molar-refractivity contribution >= 4 is 11.8 Å². The molecular formula is C19H19F2N5O. The molecule has 3 N–H and O–H groups in total. The SMILES string of the molecule is C[C@H](CO)Nc1nc(NCc2ccc(F)c(F)c2)cc(-c2cccnc2)n1. The topological polar surface area (TPSA) is 83.0 Å². The predicted octanol–water partition coefficient (Wildman–Crippen LogP) is 3.22. The van der Waals surface area contributed by atoms with E-state index >= 15 is 0 Å². The van der Waals surface area contributed by atoms with Crippen LogP contribution in [0, 0.1) is 11.6 Å². The van der Waals surface area contributed by atoms with Gasteiger partial charge in [-0.15, -0.1) is 0 Å². The second-order valence-corrected chi connectivity index (χ2v) is 6.03. The number of aliphatic hydroxyl groups is 1. The van der Waals surface area contributed by atoms with E-state index in [1.165, 1.54) is 6.07 Å². The average Bonchev–Trinajstić information content (AvgIpc) is 2.69. The standard InChI is InChI=1S/C19H19F2N5O/c1-12(11-27)24-19-25-17(14-3-2-6-22-10-14)8-18(26-19)23-9-13-4-5-15(20)16(21)7-13/h2-8,10,12,27H,9,11H2,1H3,(H2,23,24,25,26)/t12-/m1/s1. The van der Waals surface area contributed by atoms with E-state index in [9.17, 15) is 13.9 Å². The smallest absolute Gasteiger partial charge is 0.225 e. The first-order chi connectivity index (χ1) is 13.0. The third-order valence-corrected chi connectivity index (χ3v) is 3.79. The molecule has 0 bridgehead atoms. The lowest BCUT2D eigenvalue weighted by molar-refractivity contribution is 0.281. The Bertz CT molecular complexity index is 908. The van der Waals surface area contributed by atoms with Crippen LogP contribution >= 0.6 is 0 Å². The molecule has 0 aliphatic carbocycles. The molecule has 0 amide bonds. The lowest BCUT2D eigenvalue weighted by Gasteiger charge is -2.14. The van der Waals surface area contributed by atoms with Crippen molar-refractivity contribution in [1.82, 2.24) is 15.0 Å². The minimum Gasteiger partial charge on any atom is -0.394 e. The molecule has 0 saturated carbocycles. The molecule has 3 rings (SSSR count). The summed E-state index contributed by atoms with van der Waals surface area (Å²) >= 11 is 0. The fourth-order valence-electron chi connectivity index (χ4n) is 2.37. The Hall–Kier alpha value is -3.13. The Morgan fingerprint density at radius 3 is 2.67 bits per heavy atom. The van der Waals surface area contributed by atoms with Gasteiger partial charge in [-0.05, 0) is 36.8 Å². The van der Waals surface area contributed by atoms with Crippen LogP contribution in [0.3, 0.4) is 0 Å². The number of benzene rings is 1. The van der Waals surface area contributed by atoms with Gasteiger partial charge in [0.1, 0.15) is 5.82 Å². The summed E-state index contributed by atoms with van der Waals surface area (Å²) in [5.41, 5.74) is 2.02. The number of pyridine rings is 1. The van der Waals surface area contributed by atoms with E-state index in [1.807, 2.05) is 6.07 Å². The summed E-state index contributed by atoms with van der Waals surface area (Å²) in [6, 6.07) is 8.91. The summed E-state index contributed by atoms with van der Waals surface area (Å²) in [4.78, 5) is 12.9. The van der Waals surface area contributed by atoms with Crippen LogP contribution in [0.5, 0.6) is 0 Å². The van der Waals surface area contributed by atoms with Gasteiger partial charge >= 0.3 is 0 Å². The summed E-state index contributed by atoms with van der Waals surface area (Å²) in [6.07, 6.45) is 3.35. The molecule has 0 spiro atoms. The zero-order valence-electron chi connectivity index (χ0n) is 14.7. The number of nitrogens with one attached hydrogen (secondary N) is 2. The van der Waals surface area contributed by atoms with Gasteiger partial charge in [-0.2, -0.15) is 4.98 Å². The van der Waals surface area contributed by atoms with Crippen molar-refractivity contribution in [3.8, 4) is 11.3 Å². The van der Waals surface area contributed by atoms with E-state index < -0.39 is 11.6 Å². The van der Waals surface area contributed by atoms with E-state index in [0.717, 1.165) is 17.7 Å². The number of aromatic nitrogens is 3. The van der Waals surface area contributed by atoms with Crippen molar-refractivity contribution < 1.29 is 13.9 Å². The van der Waals surface area contributed by atoms with Crippen molar-refractivity contribution in [2.75, 3.05) is 17.2 Å². The molecule has 0 saturated heterocycles. The van der Waals surface area contributed by atoms with Crippen molar-refractivity contribution in [3.63, 3.8) is 0 Å². The van der Waals surface area contributed by atoms with Crippen molar-refractivity contribution in [2.45, 2.75) is 19.5 Å². The maximum Gasteiger partial charge on any atom is 0.225 e. The molecule has 8 heteroatoms. The van der Waals surface area contributed by atoms with E-state index in [1.54, 1.807) is 31.5 Å². The number of rotatable bonds is 7. The van der Waals surface area contributed by atoms with Gasteiger partial charge in [0.2, 0.25) is 5.95 Å². The lowest BCUT2D eigenvalue weighted by atomic mass is 10.2. The highest BCUT2D eigenvalue weighted by molar-refractivity contribution is 5.63. The van der Waals surface area contributed by atoms with Crippen LogP contribution in [-0.4, -0.2) is 32.7 Å². The van der Waals surface area contributed by atoms with E-state index in [2.05, 4.69) is 25.6 Å². The van der Waals surface area contributed by atoms with Gasteiger partial charge < -0.3 is 15.7 Å². The fraction of sp³-hybridized carbons (Fsp3) is 0.211. The Kier molecular flexibility index (Phi) is 5.87. The maximum absolute atomic E-state index is 13.4. The lowest BCUT2D eigenvalue weighted by Crippen LogP contribution is -2.21. The molecule has 3 aromatic rings. The number of aliphatic hydroxyl groups excluding tert-OH is 1. The van der Waals surface area contributed by atoms with Crippen LogP contribution in [0.4, 0.5) is 20.5 Å². The molecule has 1 aromatic carbocycles. The van der Waals surface area contributed by atoms with Crippen LogP contribution < -0.4 is 10.6 Å². The van der Waals surface area contributed by atoms with Gasteiger partial charge in [-0.1, -0.05) is 6.07 Å². The van der Waals surface area contributed by atoms with Crippen LogP contribution in [0.25, 0.3) is 11.3 Å². The Labute approximate surface area is 155 Å². The zero-order valence-corrected chi connectivity index (χ0v) is 14.7. The third-order valence-electron chi connectivity index (χ3n) is 3.79. The average molecular weight is 371 g/mol. The first kappa shape index (κ1) is 18.7. The largest absolute Gasteiger partial charge is 0.394 e. The monoisotopic (exact) mass is 371 g/mol. The molecule has 0 aliphatic rings. The summed E-state index contributed by atoms with van der Waals surface area (Å²) in [6.45, 7) is 1.99. The number of nitrogens with zero attached hydrogens (tertiary/aromatic N) is 3. The van der Waals surface area contributed by atoms with Gasteiger partial charge in [-0.25, -0.2) is 13.8 Å². The van der Waals surface area contributed by atoms with Crippen LogP contribution in [0.15, 0.2) is 48.8 Å². The molecule has 0 aliphatic heterocycles. The van der Waals surface area contributed by atoms with Gasteiger partial charge in [-0.3, -0.25) is 4.98 Å². The summed E-state index contributed by atoms with van der Waals surface area (Å²) in [5.74, 6) is -0.941. The maximum atomic E-state index is 13.4. The van der Waals surface area contributed by atoms with Crippen LogP contribution in [-0.2, 0) is 6.54 Å². The van der Waals surface area contributed by atoms with Crippen molar-refractivity contribution in [1.29, 1.82) is 0 Å². The molecule has 1 atom stereocenters. The molecule has 0 radical (unpaired) electrons. The minimum absolute atomic E-state index is 0.0713. The Balaban J connectivity index is 1.86. The number of halogens is 2. The highest BCUT2D eigenvalue weighted by Crippen LogP contribution is 2.21. The number of hydrogen-bond acceptors (Lipinski definition) is 6. The first-order valence-electron chi connectivity index (χ1n) is 8.40. The van der Waals surface area contributed by atoms with Gasteiger partial charge in [0.25, 0.3) is 0 Å². The molecule has 2 heterocycles. The Morgan fingerprint density at radius 2 is 1.96 bits per heavy atom. The molecule has 6 nitrogen and oxygen atoms in total. The highest BCUT2D eigenvalue weighted by atomic mass is 19.2. The van der Waals surface area contributed by atoms with Crippen LogP contribution in [0.1, 0.15) is 12.5 Å². The second kappa shape index (κ2) is 8.50. The molecular weight excluding hydrogens is 352 g/mol. The zero-order chi connectivity index (χ0) is 19.2. The summed E-state index contributed by atoms with van der Waals surface area (Å²) < 4.78 is 26.4. The van der Waals surface area contributed by atoms with E-state index in [0.29, 0.717) is 23.0 Å². The fourth-order valence-corrected chi connectivity index (χ4v) is 2.37. The first-order valence-corrected chi connectivity index (χ1v) is 8.40. The normalized spacial score (nSPS) is 11.9. The Morgan fingerprint density at radius 1 is 1.11 bits per heavy atom. The summed E-state index contributed by atoms with van der Waals surface area (Å²) in [5, 5.41) is 15.3. The quantitative estimate of drug-likeness (QED) is 0.592. The second-order valence-electron chi connectivity index (χ2n) is 6.03. The van der Waals surface area contributed by atoms with Crippen molar-refractivity contribution in [2.24, 2.45) is 0 Å². The van der Waals surface area contributed by atoms with E-state index in [-0.39, 0.29) is 19.2 Å². The molecule has 0 fully saturated rings. The van der Waals surface area contributed by atoms with Crippen molar-refractivity contribution in [3.05, 3.63) is 66.0 Å². The number of anilines is 2. The molecule has 2 aromatic heterocycles. The van der Waals surface area contributed by atoms with E-state index in [4.69, 9.17) is 0 Å². The molecule has 27 heavy (non-hydrogen) atoms. The summed E-state index contributed by atoms with van der Waals surface area (Å²) in [7, 11) is 0. The van der Waals surface area contributed by atoms with Gasteiger partial charge in [0.15, 0.2) is 11.6 Å². The number of hydrogen-bond donors (Lipinski definition) is 3. The third kappa shape index (κ3) is 4.95.